The highest BCUT2D eigenvalue weighted by Gasteiger charge is 2.27. The van der Waals surface area contributed by atoms with Crippen LogP contribution in [0, 0.1) is 25.5 Å². The molecule has 1 fully saturated rings. The molecule has 2 aromatic rings. The normalized spacial score (nSPS) is 18.3. The van der Waals surface area contributed by atoms with Crippen molar-refractivity contribution in [3.8, 4) is 0 Å². The third-order valence-electron chi connectivity index (χ3n) is 4.10. The molecule has 0 spiro atoms. The third kappa shape index (κ3) is 3.09. The molecular formula is C16H18F2N4O. The van der Waals surface area contributed by atoms with E-state index in [0.717, 1.165) is 30.8 Å². The Morgan fingerprint density at radius 3 is 2.70 bits per heavy atom. The number of aryl methyl sites for hydroxylation is 2. The molecule has 1 atom stereocenters. The van der Waals surface area contributed by atoms with Gasteiger partial charge < -0.3 is 4.90 Å². The number of hydrogen-bond acceptors (Lipinski definition) is 3. The number of piperidine rings is 1. The molecule has 0 N–H and O–H groups in total. The number of nitrogens with zero attached hydrogens (tertiary/aromatic N) is 4. The molecule has 1 saturated heterocycles. The highest BCUT2D eigenvalue weighted by molar-refractivity contribution is 5.94. The number of likely N-dealkylation sites (tertiary alicyclic amines) is 1. The van der Waals surface area contributed by atoms with Gasteiger partial charge in [-0.2, -0.15) is 5.10 Å². The molecular weight excluding hydrogens is 302 g/mol. The van der Waals surface area contributed by atoms with Crippen molar-refractivity contribution < 1.29 is 13.6 Å². The molecule has 0 aliphatic carbocycles. The zero-order chi connectivity index (χ0) is 16.6. The molecule has 1 amide bonds. The van der Waals surface area contributed by atoms with Gasteiger partial charge in [-0.05, 0) is 44.9 Å². The summed E-state index contributed by atoms with van der Waals surface area (Å²) < 4.78 is 28.2. The van der Waals surface area contributed by atoms with Crippen LogP contribution in [0.4, 0.5) is 8.78 Å². The Morgan fingerprint density at radius 1 is 1.26 bits per heavy atom. The molecule has 23 heavy (non-hydrogen) atoms. The number of benzene rings is 1. The topological polar surface area (TPSA) is 51.0 Å². The summed E-state index contributed by atoms with van der Waals surface area (Å²) in [6.45, 7) is 4.80. The quantitative estimate of drug-likeness (QED) is 0.855. The molecule has 0 radical (unpaired) electrons. The van der Waals surface area contributed by atoms with Crippen LogP contribution in [0.3, 0.4) is 0 Å². The maximum absolute atomic E-state index is 13.3. The molecule has 0 saturated carbocycles. The second-order valence-electron chi connectivity index (χ2n) is 5.83. The van der Waals surface area contributed by atoms with Crippen molar-refractivity contribution in [2.24, 2.45) is 0 Å². The van der Waals surface area contributed by atoms with E-state index in [2.05, 4.69) is 10.1 Å². The minimum Gasteiger partial charge on any atom is -0.336 e. The van der Waals surface area contributed by atoms with Gasteiger partial charge >= 0.3 is 0 Å². The van der Waals surface area contributed by atoms with E-state index < -0.39 is 11.6 Å². The van der Waals surface area contributed by atoms with Crippen LogP contribution in [-0.4, -0.2) is 38.7 Å². The predicted molar refractivity (Wildman–Crippen MR) is 80.0 cm³/mol. The molecule has 1 unspecified atom stereocenters. The Bertz CT molecular complexity index is 744. The van der Waals surface area contributed by atoms with Crippen molar-refractivity contribution in [2.75, 3.05) is 13.1 Å². The van der Waals surface area contributed by atoms with Crippen LogP contribution < -0.4 is 0 Å². The Balaban J connectivity index is 1.79. The Labute approximate surface area is 132 Å². The van der Waals surface area contributed by atoms with E-state index in [4.69, 9.17) is 0 Å². The number of amides is 1. The van der Waals surface area contributed by atoms with Gasteiger partial charge in [0.15, 0.2) is 11.6 Å². The second-order valence-corrected chi connectivity index (χ2v) is 5.83. The minimum absolute atomic E-state index is 0.0548. The smallest absolute Gasteiger partial charge is 0.254 e. The molecule has 7 heteroatoms. The standard InChI is InChI=1S/C16H18F2N4O/c1-10-19-11(2)22(20-10)13-4-3-7-21(9-13)16(23)12-5-6-14(17)15(18)8-12/h5-6,8,13H,3-4,7,9H2,1-2H3. The van der Waals surface area contributed by atoms with Gasteiger partial charge in [-0.1, -0.05) is 0 Å². The highest BCUT2D eigenvalue weighted by atomic mass is 19.2. The van der Waals surface area contributed by atoms with Gasteiger partial charge in [0.25, 0.3) is 5.91 Å². The minimum atomic E-state index is -1.01. The summed E-state index contributed by atoms with van der Waals surface area (Å²) in [6.07, 6.45) is 1.74. The van der Waals surface area contributed by atoms with E-state index in [9.17, 15) is 13.6 Å². The monoisotopic (exact) mass is 320 g/mol. The molecule has 0 bridgehead atoms. The van der Waals surface area contributed by atoms with Crippen molar-refractivity contribution in [3.63, 3.8) is 0 Å². The lowest BCUT2D eigenvalue weighted by atomic mass is 10.0. The number of hydrogen-bond donors (Lipinski definition) is 0. The van der Waals surface area contributed by atoms with E-state index in [-0.39, 0.29) is 17.5 Å². The van der Waals surface area contributed by atoms with Gasteiger partial charge in [0.2, 0.25) is 0 Å². The van der Waals surface area contributed by atoms with Crippen LogP contribution >= 0.6 is 0 Å². The first-order valence-electron chi connectivity index (χ1n) is 7.60. The van der Waals surface area contributed by atoms with Gasteiger partial charge in [-0.15, -0.1) is 0 Å². The number of carbonyl (C=O) groups excluding carboxylic acids is 1. The van der Waals surface area contributed by atoms with Crippen LogP contribution in [0.5, 0.6) is 0 Å². The number of aromatic nitrogens is 3. The predicted octanol–water partition coefficient (Wildman–Crippen LogP) is 2.65. The van der Waals surface area contributed by atoms with E-state index in [1.54, 1.807) is 4.90 Å². The van der Waals surface area contributed by atoms with Gasteiger partial charge in [0, 0.05) is 18.7 Å². The Hall–Kier alpha value is -2.31. The van der Waals surface area contributed by atoms with Crippen molar-refractivity contribution in [2.45, 2.75) is 32.7 Å². The number of halogens is 2. The van der Waals surface area contributed by atoms with E-state index in [1.165, 1.54) is 6.07 Å². The second kappa shape index (κ2) is 6.06. The maximum Gasteiger partial charge on any atom is 0.254 e. The van der Waals surface area contributed by atoms with Crippen molar-refractivity contribution in [1.82, 2.24) is 19.7 Å². The first-order chi connectivity index (χ1) is 11.0. The zero-order valence-electron chi connectivity index (χ0n) is 13.1. The van der Waals surface area contributed by atoms with Crippen LogP contribution in [-0.2, 0) is 0 Å². The summed E-state index contributed by atoms with van der Waals surface area (Å²) in [4.78, 5) is 18.5. The first-order valence-corrected chi connectivity index (χ1v) is 7.60. The third-order valence-corrected chi connectivity index (χ3v) is 4.10. The molecule has 1 aromatic heterocycles. The molecule has 3 rings (SSSR count). The maximum atomic E-state index is 13.3. The van der Waals surface area contributed by atoms with Crippen LogP contribution in [0.25, 0.3) is 0 Å². The fourth-order valence-electron chi connectivity index (χ4n) is 3.03. The molecule has 1 aliphatic rings. The first kappa shape index (κ1) is 15.6. The van der Waals surface area contributed by atoms with E-state index >= 15 is 0 Å². The zero-order valence-corrected chi connectivity index (χ0v) is 13.1. The average molecular weight is 320 g/mol. The lowest BCUT2D eigenvalue weighted by Gasteiger charge is -2.33. The van der Waals surface area contributed by atoms with Gasteiger partial charge in [-0.3, -0.25) is 4.79 Å². The van der Waals surface area contributed by atoms with Crippen LogP contribution in [0.2, 0.25) is 0 Å². The summed E-state index contributed by atoms with van der Waals surface area (Å²) in [5, 5.41) is 4.38. The van der Waals surface area contributed by atoms with Crippen molar-refractivity contribution in [1.29, 1.82) is 0 Å². The highest BCUT2D eigenvalue weighted by Crippen LogP contribution is 2.23. The molecule has 122 valence electrons. The fraction of sp³-hybridized carbons (Fsp3) is 0.438. The summed E-state index contributed by atoms with van der Waals surface area (Å²) in [5.74, 6) is -0.733. The number of rotatable bonds is 2. The summed E-state index contributed by atoms with van der Waals surface area (Å²) in [6, 6.07) is 3.30. The van der Waals surface area contributed by atoms with E-state index in [1.807, 2.05) is 18.5 Å². The van der Waals surface area contributed by atoms with Gasteiger partial charge in [0.1, 0.15) is 11.6 Å². The lowest BCUT2D eigenvalue weighted by Crippen LogP contribution is -2.41. The summed E-state index contributed by atoms with van der Waals surface area (Å²) in [5.41, 5.74) is 0.163. The molecule has 1 aromatic carbocycles. The Kier molecular flexibility index (Phi) is 4.11. The van der Waals surface area contributed by atoms with Crippen LogP contribution in [0.15, 0.2) is 18.2 Å². The SMILES string of the molecule is Cc1nc(C)n(C2CCCN(C(=O)c3ccc(F)c(F)c3)C2)n1. The summed E-state index contributed by atoms with van der Waals surface area (Å²) in [7, 11) is 0. The van der Waals surface area contributed by atoms with Crippen molar-refractivity contribution >= 4 is 5.91 Å². The molecule has 5 nitrogen and oxygen atoms in total. The molecule has 2 heterocycles. The summed E-state index contributed by atoms with van der Waals surface area (Å²) >= 11 is 0. The van der Waals surface area contributed by atoms with E-state index in [0.29, 0.717) is 18.9 Å². The van der Waals surface area contributed by atoms with Crippen molar-refractivity contribution in [3.05, 3.63) is 47.0 Å². The van der Waals surface area contributed by atoms with Crippen LogP contribution in [0.1, 0.15) is 40.9 Å². The lowest BCUT2D eigenvalue weighted by molar-refractivity contribution is 0.0670. The molecule has 1 aliphatic heterocycles. The van der Waals surface area contributed by atoms with Gasteiger partial charge in [0.05, 0.1) is 6.04 Å². The number of carbonyl (C=O) groups is 1. The van der Waals surface area contributed by atoms with Gasteiger partial charge in [-0.25, -0.2) is 18.4 Å². The average Bonchev–Trinajstić information content (AvgIpc) is 2.88. The largest absolute Gasteiger partial charge is 0.336 e. The fourth-order valence-corrected chi connectivity index (χ4v) is 3.03. The Morgan fingerprint density at radius 2 is 2.04 bits per heavy atom.